The summed E-state index contributed by atoms with van der Waals surface area (Å²) in [6.45, 7) is 4.58. The molecular formula is C13H27N3O. The molecule has 17 heavy (non-hydrogen) atoms. The molecule has 0 aliphatic heterocycles. The summed E-state index contributed by atoms with van der Waals surface area (Å²) >= 11 is 0. The molecule has 0 aromatic carbocycles. The second kappa shape index (κ2) is 6.36. The van der Waals surface area contributed by atoms with Crippen molar-refractivity contribution in [2.24, 2.45) is 5.73 Å². The van der Waals surface area contributed by atoms with E-state index >= 15 is 0 Å². The molecule has 0 spiro atoms. The van der Waals surface area contributed by atoms with Crippen molar-refractivity contribution in [1.29, 1.82) is 0 Å². The SMILES string of the molecule is CCN(C(=O)[C@H](C)N)[C@H]1CCCC[C@@H]1N(C)C. The van der Waals surface area contributed by atoms with Crippen LogP contribution in [0.3, 0.4) is 0 Å². The first-order chi connectivity index (χ1) is 7.99. The Kier molecular flexibility index (Phi) is 5.40. The third-order valence-electron chi connectivity index (χ3n) is 3.77. The fourth-order valence-corrected chi connectivity index (χ4v) is 2.87. The largest absolute Gasteiger partial charge is 0.337 e. The third-order valence-corrected chi connectivity index (χ3v) is 3.77. The summed E-state index contributed by atoms with van der Waals surface area (Å²) in [6, 6.07) is 0.424. The normalized spacial score (nSPS) is 26.9. The monoisotopic (exact) mass is 241 g/mol. The molecule has 1 aliphatic carbocycles. The highest BCUT2D eigenvalue weighted by molar-refractivity contribution is 5.81. The van der Waals surface area contributed by atoms with Crippen LogP contribution in [0.4, 0.5) is 0 Å². The number of carbonyl (C=O) groups excluding carboxylic acids is 1. The van der Waals surface area contributed by atoms with Gasteiger partial charge >= 0.3 is 0 Å². The van der Waals surface area contributed by atoms with E-state index in [2.05, 4.69) is 19.0 Å². The molecule has 0 saturated heterocycles. The van der Waals surface area contributed by atoms with Crippen molar-refractivity contribution >= 4 is 5.91 Å². The van der Waals surface area contributed by atoms with Crippen LogP contribution < -0.4 is 5.73 Å². The van der Waals surface area contributed by atoms with Crippen molar-refractivity contribution in [2.45, 2.75) is 57.7 Å². The second-order valence-corrected chi connectivity index (χ2v) is 5.30. The maximum absolute atomic E-state index is 12.1. The zero-order valence-corrected chi connectivity index (χ0v) is 11.6. The highest BCUT2D eigenvalue weighted by Crippen LogP contribution is 2.26. The molecule has 4 nitrogen and oxygen atoms in total. The van der Waals surface area contributed by atoms with E-state index in [0.29, 0.717) is 12.1 Å². The Morgan fingerprint density at radius 2 is 1.82 bits per heavy atom. The van der Waals surface area contributed by atoms with Gasteiger partial charge in [-0.15, -0.1) is 0 Å². The molecule has 0 aromatic heterocycles. The van der Waals surface area contributed by atoms with Crippen LogP contribution in [0.1, 0.15) is 39.5 Å². The van der Waals surface area contributed by atoms with Crippen molar-refractivity contribution < 1.29 is 4.79 Å². The Labute approximate surface area is 105 Å². The first-order valence-electron chi connectivity index (χ1n) is 6.71. The predicted octanol–water partition coefficient (Wildman–Crippen LogP) is 1.05. The fraction of sp³-hybridized carbons (Fsp3) is 0.923. The van der Waals surface area contributed by atoms with Gasteiger partial charge in [0.25, 0.3) is 0 Å². The molecule has 0 radical (unpaired) electrons. The van der Waals surface area contributed by atoms with Crippen LogP contribution in [-0.2, 0) is 4.79 Å². The number of hydrogen-bond donors (Lipinski definition) is 1. The number of rotatable bonds is 4. The summed E-state index contributed by atoms with van der Waals surface area (Å²) in [5.74, 6) is 0.0891. The number of hydrogen-bond acceptors (Lipinski definition) is 3. The number of nitrogens with zero attached hydrogens (tertiary/aromatic N) is 2. The number of nitrogens with two attached hydrogens (primary N) is 1. The Balaban J connectivity index is 2.80. The van der Waals surface area contributed by atoms with Gasteiger partial charge < -0.3 is 15.5 Å². The molecular weight excluding hydrogens is 214 g/mol. The van der Waals surface area contributed by atoms with Crippen LogP contribution in [0.5, 0.6) is 0 Å². The molecule has 1 amide bonds. The molecule has 0 unspecified atom stereocenters. The van der Waals surface area contributed by atoms with E-state index in [4.69, 9.17) is 5.73 Å². The first-order valence-corrected chi connectivity index (χ1v) is 6.71. The number of amides is 1. The van der Waals surface area contributed by atoms with Gasteiger partial charge in [0.15, 0.2) is 0 Å². The molecule has 4 heteroatoms. The second-order valence-electron chi connectivity index (χ2n) is 5.30. The summed E-state index contributed by atoms with van der Waals surface area (Å²) in [5.41, 5.74) is 5.74. The maximum atomic E-state index is 12.1. The minimum absolute atomic E-state index is 0.0891. The molecule has 1 saturated carbocycles. The maximum Gasteiger partial charge on any atom is 0.239 e. The van der Waals surface area contributed by atoms with Crippen LogP contribution >= 0.6 is 0 Å². The van der Waals surface area contributed by atoms with Crippen molar-refractivity contribution in [3.05, 3.63) is 0 Å². The first kappa shape index (κ1) is 14.5. The van der Waals surface area contributed by atoms with Gasteiger partial charge in [0.1, 0.15) is 0 Å². The summed E-state index contributed by atoms with van der Waals surface area (Å²) in [7, 11) is 4.21. The Bertz CT molecular complexity index is 253. The van der Waals surface area contributed by atoms with Crippen LogP contribution in [0.25, 0.3) is 0 Å². The third kappa shape index (κ3) is 3.42. The average Bonchev–Trinajstić information content (AvgIpc) is 2.30. The lowest BCUT2D eigenvalue weighted by Gasteiger charge is -2.43. The van der Waals surface area contributed by atoms with Crippen LogP contribution in [0.15, 0.2) is 0 Å². The van der Waals surface area contributed by atoms with Gasteiger partial charge in [0.2, 0.25) is 5.91 Å². The summed E-state index contributed by atoms with van der Waals surface area (Å²) in [5, 5.41) is 0. The molecule has 1 fully saturated rings. The van der Waals surface area contributed by atoms with E-state index in [0.717, 1.165) is 13.0 Å². The van der Waals surface area contributed by atoms with E-state index in [1.165, 1.54) is 19.3 Å². The van der Waals surface area contributed by atoms with E-state index in [1.807, 2.05) is 11.8 Å². The zero-order chi connectivity index (χ0) is 13.0. The number of likely N-dealkylation sites (N-methyl/N-ethyl adjacent to an activating group) is 2. The van der Waals surface area contributed by atoms with E-state index in [-0.39, 0.29) is 11.9 Å². The van der Waals surface area contributed by atoms with Gasteiger partial charge in [-0.2, -0.15) is 0 Å². The molecule has 0 heterocycles. The summed E-state index contributed by atoms with van der Waals surface area (Å²) < 4.78 is 0. The van der Waals surface area contributed by atoms with Gasteiger partial charge in [-0.3, -0.25) is 4.79 Å². The van der Waals surface area contributed by atoms with Crippen LogP contribution in [0, 0.1) is 0 Å². The van der Waals surface area contributed by atoms with Gasteiger partial charge in [-0.05, 0) is 40.8 Å². The molecule has 1 rings (SSSR count). The van der Waals surface area contributed by atoms with E-state index in [9.17, 15) is 4.79 Å². The quantitative estimate of drug-likeness (QED) is 0.800. The fourth-order valence-electron chi connectivity index (χ4n) is 2.87. The summed E-state index contributed by atoms with van der Waals surface area (Å²) in [4.78, 5) is 16.4. The van der Waals surface area contributed by atoms with Gasteiger partial charge in [-0.1, -0.05) is 12.8 Å². The highest BCUT2D eigenvalue weighted by atomic mass is 16.2. The smallest absolute Gasteiger partial charge is 0.239 e. The molecule has 100 valence electrons. The lowest BCUT2D eigenvalue weighted by atomic mass is 9.88. The summed E-state index contributed by atoms with van der Waals surface area (Å²) in [6.07, 6.45) is 4.77. The lowest BCUT2D eigenvalue weighted by molar-refractivity contribution is -0.136. The Morgan fingerprint density at radius 3 is 2.24 bits per heavy atom. The van der Waals surface area contributed by atoms with Crippen molar-refractivity contribution in [3.63, 3.8) is 0 Å². The Hall–Kier alpha value is -0.610. The highest BCUT2D eigenvalue weighted by Gasteiger charge is 2.33. The number of carbonyl (C=O) groups is 1. The topological polar surface area (TPSA) is 49.6 Å². The molecule has 1 aliphatic rings. The van der Waals surface area contributed by atoms with E-state index in [1.54, 1.807) is 6.92 Å². The molecule has 2 N–H and O–H groups in total. The molecule has 0 bridgehead atoms. The van der Waals surface area contributed by atoms with Crippen molar-refractivity contribution in [3.8, 4) is 0 Å². The average molecular weight is 241 g/mol. The van der Waals surface area contributed by atoms with Gasteiger partial charge in [0.05, 0.1) is 6.04 Å². The van der Waals surface area contributed by atoms with Crippen LogP contribution in [-0.4, -0.2) is 54.5 Å². The van der Waals surface area contributed by atoms with Gasteiger partial charge in [-0.25, -0.2) is 0 Å². The Morgan fingerprint density at radius 1 is 1.29 bits per heavy atom. The van der Waals surface area contributed by atoms with Crippen LogP contribution in [0.2, 0.25) is 0 Å². The molecule has 0 aromatic rings. The predicted molar refractivity (Wildman–Crippen MR) is 70.8 cm³/mol. The minimum atomic E-state index is -0.389. The molecule has 3 atom stereocenters. The lowest BCUT2D eigenvalue weighted by Crippen LogP contribution is -2.56. The minimum Gasteiger partial charge on any atom is -0.337 e. The standard InChI is InChI=1S/C13H27N3O/c1-5-16(13(17)10(2)14)12-9-7-6-8-11(12)15(3)4/h10-12H,5-9,14H2,1-4H3/t10-,11-,12-/m0/s1. The zero-order valence-electron chi connectivity index (χ0n) is 11.6. The van der Waals surface area contributed by atoms with Crippen molar-refractivity contribution in [2.75, 3.05) is 20.6 Å². The van der Waals surface area contributed by atoms with Gasteiger partial charge in [0, 0.05) is 18.6 Å². The van der Waals surface area contributed by atoms with E-state index < -0.39 is 0 Å². The van der Waals surface area contributed by atoms with Crippen molar-refractivity contribution in [1.82, 2.24) is 9.80 Å².